The van der Waals surface area contributed by atoms with E-state index in [0.717, 1.165) is 6.42 Å². The van der Waals surface area contributed by atoms with Crippen molar-refractivity contribution in [1.29, 1.82) is 0 Å². The Morgan fingerprint density at radius 2 is 2.26 bits per heavy atom. The van der Waals surface area contributed by atoms with Gasteiger partial charge in [0.25, 0.3) is 5.91 Å². The number of nitrogens with one attached hydrogen (secondary N) is 1. The molecule has 0 aromatic heterocycles. The van der Waals surface area contributed by atoms with Crippen LogP contribution in [0.15, 0.2) is 24.3 Å². The summed E-state index contributed by atoms with van der Waals surface area (Å²) in [7, 11) is 0. The first-order valence-corrected chi connectivity index (χ1v) is 6.38. The monoisotopic (exact) mass is 262 g/mol. The molecule has 0 bridgehead atoms. The summed E-state index contributed by atoms with van der Waals surface area (Å²) in [6.45, 7) is 2.82. The number of amides is 2. The van der Waals surface area contributed by atoms with Gasteiger partial charge in [0.1, 0.15) is 0 Å². The fourth-order valence-electron chi connectivity index (χ4n) is 2.28. The number of rotatable bonds is 3. The molecule has 2 amide bonds. The quantitative estimate of drug-likeness (QED) is 0.857. The predicted octanol–water partition coefficient (Wildman–Crippen LogP) is 1.10. The van der Waals surface area contributed by atoms with E-state index in [2.05, 4.69) is 5.32 Å². The molecule has 1 aromatic rings. The van der Waals surface area contributed by atoms with E-state index in [1.54, 1.807) is 29.2 Å². The fourth-order valence-corrected chi connectivity index (χ4v) is 2.28. The van der Waals surface area contributed by atoms with Crippen molar-refractivity contribution in [2.45, 2.75) is 13.3 Å². The summed E-state index contributed by atoms with van der Waals surface area (Å²) in [5.74, 6) is -0.0308. The third-order valence-electron chi connectivity index (χ3n) is 3.26. The lowest BCUT2D eigenvalue weighted by molar-refractivity contribution is -0.114. The number of carbonyl (C=O) groups is 2. The second kappa shape index (κ2) is 5.84. The van der Waals surface area contributed by atoms with Gasteiger partial charge in [0.05, 0.1) is 0 Å². The van der Waals surface area contributed by atoms with Crippen molar-refractivity contribution in [3.8, 4) is 0 Å². The van der Waals surface area contributed by atoms with Crippen LogP contribution < -0.4 is 5.32 Å². The van der Waals surface area contributed by atoms with Crippen molar-refractivity contribution in [1.82, 2.24) is 4.90 Å². The molecule has 1 atom stereocenters. The first-order chi connectivity index (χ1) is 9.10. The Morgan fingerprint density at radius 1 is 1.47 bits per heavy atom. The summed E-state index contributed by atoms with van der Waals surface area (Å²) in [5.41, 5.74) is 1.18. The maximum absolute atomic E-state index is 12.3. The summed E-state index contributed by atoms with van der Waals surface area (Å²) in [6.07, 6.45) is 0.841. The van der Waals surface area contributed by atoms with E-state index >= 15 is 0 Å². The van der Waals surface area contributed by atoms with Crippen molar-refractivity contribution in [2.24, 2.45) is 5.92 Å². The van der Waals surface area contributed by atoms with E-state index in [9.17, 15) is 9.59 Å². The van der Waals surface area contributed by atoms with Gasteiger partial charge in [-0.2, -0.15) is 0 Å². The first kappa shape index (κ1) is 13.5. The molecule has 2 rings (SSSR count). The molecule has 2 N–H and O–H groups in total. The van der Waals surface area contributed by atoms with Crippen LogP contribution in [0.1, 0.15) is 23.7 Å². The van der Waals surface area contributed by atoms with Crippen LogP contribution in [0.2, 0.25) is 0 Å². The van der Waals surface area contributed by atoms with Gasteiger partial charge in [-0.05, 0) is 24.6 Å². The molecule has 1 unspecified atom stereocenters. The molecule has 1 aromatic carbocycles. The Morgan fingerprint density at radius 3 is 2.89 bits per heavy atom. The highest BCUT2D eigenvalue weighted by Crippen LogP contribution is 2.19. The Balaban J connectivity index is 2.09. The molecule has 19 heavy (non-hydrogen) atoms. The molecule has 1 heterocycles. The summed E-state index contributed by atoms with van der Waals surface area (Å²) in [5, 5.41) is 11.8. The third kappa shape index (κ3) is 3.32. The Hall–Kier alpha value is -1.88. The summed E-state index contributed by atoms with van der Waals surface area (Å²) in [6, 6.07) is 6.91. The van der Waals surface area contributed by atoms with Gasteiger partial charge in [0, 0.05) is 43.8 Å². The maximum atomic E-state index is 12.3. The lowest BCUT2D eigenvalue weighted by Crippen LogP contribution is -2.29. The SMILES string of the molecule is CC(=O)Nc1cccc(C(=O)N2CCC(CO)C2)c1. The lowest BCUT2D eigenvalue weighted by atomic mass is 10.1. The summed E-state index contributed by atoms with van der Waals surface area (Å²) in [4.78, 5) is 25.0. The van der Waals surface area contributed by atoms with Gasteiger partial charge >= 0.3 is 0 Å². The van der Waals surface area contributed by atoms with Crippen LogP contribution in [0, 0.1) is 5.92 Å². The smallest absolute Gasteiger partial charge is 0.253 e. The van der Waals surface area contributed by atoms with Crippen molar-refractivity contribution in [3.63, 3.8) is 0 Å². The van der Waals surface area contributed by atoms with E-state index in [4.69, 9.17) is 5.11 Å². The van der Waals surface area contributed by atoms with E-state index in [-0.39, 0.29) is 24.3 Å². The number of aliphatic hydroxyl groups excluding tert-OH is 1. The standard InChI is InChI=1S/C14H18N2O3/c1-10(18)15-13-4-2-3-12(7-13)14(19)16-6-5-11(8-16)9-17/h2-4,7,11,17H,5-6,8-9H2,1H3,(H,15,18). The highest BCUT2D eigenvalue weighted by molar-refractivity contribution is 5.96. The number of hydrogen-bond donors (Lipinski definition) is 2. The van der Waals surface area contributed by atoms with Crippen LogP contribution in [-0.4, -0.2) is 41.5 Å². The van der Waals surface area contributed by atoms with Crippen LogP contribution in [0.4, 0.5) is 5.69 Å². The highest BCUT2D eigenvalue weighted by Gasteiger charge is 2.26. The molecule has 5 nitrogen and oxygen atoms in total. The fraction of sp³-hybridized carbons (Fsp3) is 0.429. The molecule has 5 heteroatoms. The highest BCUT2D eigenvalue weighted by atomic mass is 16.3. The summed E-state index contributed by atoms with van der Waals surface area (Å²) < 4.78 is 0. The number of aliphatic hydroxyl groups is 1. The first-order valence-electron chi connectivity index (χ1n) is 6.38. The Kier molecular flexibility index (Phi) is 4.16. The second-order valence-corrected chi connectivity index (χ2v) is 4.85. The Labute approximate surface area is 112 Å². The zero-order valence-electron chi connectivity index (χ0n) is 10.9. The van der Waals surface area contributed by atoms with E-state index in [0.29, 0.717) is 24.3 Å². The molecule has 0 saturated carbocycles. The molecular weight excluding hydrogens is 244 g/mol. The van der Waals surface area contributed by atoms with Gasteiger partial charge in [-0.1, -0.05) is 6.07 Å². The minimum absolute atomic E-state index is 0.0526. The maximum Gasteiger partial charge on any atom is 0.253 e. The molecule has 102 valence electrons. The second-order valence-electron chi connectivity index (χ2n) is 4.85. The average Bonchev–Trinajstić information content (AvgIpc) is 2.86. The zero-order valence-corrected chi connectivity index (χ0v) is 10.9. The molecule has 0 aliphatic carbocycles. The number of hydrogen-bond acceptors (Lipinski definition) is 3. The molecule has 1 saturated heterocycles. The molecule has 0 spiro atoms. The van der Waals surface area contributed by atoms with Crippen LogP contribution in [0.5, 0.6) is 0 Å². The molecule has 1 aliphatic rings. The average molecular weight is 262 g/mol. The number of likely N-dealkylation sites (tertiary alicyclic amines) is 1. The number of benzene rings is 1. The minimum Gasteiger partial charge on any atom is -0.396 e. The van der Waals surface area contributed by atoms with Crippen LogP contribution in [0.25, 0.3) is 0 Å². The number of anilines is 1. The summed E-state index contributed by atoms with van der Waals surface area (Å²) >= 11 is 0. The van der Waals surface area contributed by atoms with Crippen LogP contribution in [-0.2, 0) is 4.79 Å². The molecule has 1 aliphatic heterocycles. The van der Waals surface area contributed by atoms with Gasteiger partial charge in [-0.15, -0.1) is 0 Å². The van der Waals surface area contributed by atoms with Crippen molar-refractivity contribution in [3.05, 3.63) is 29.8 Å². The third-order valence-corrected chi connectivity index (χ3v) is 3.26. The minimum atomic E-state index is -0.161. The molecular formula is C14H18N2O3. The van der Waals surface area contributed by atoms with Gasteiger partial charge in [0.15, 0.2) is 0 Å². The lowest BCUT2D eigenvalue weighted by Gasteiger charge is -2.16. The van der Waals surface area contributed by atoms with Gasteiger partial charge in [-0.25, -0.2) is 0 Å². The van der Waals surface area contributed by atoms with Crippen molar-refractivity contribution < 1.29 is 14.7 Å². The van der Waals surface area contributed by atoms with Gasteiger partial charge in [-0.3, -0.25) is 9.59 Å². The van der Waals surface area contributed by atoms with E-state index in [1.165, 1.54) is 6.92 Å². The Bertz CT molecular complexity index is 487. The van der Waals surface area contributed by atoms with Crippen molar-refractivity contribution in [2.75, 3.05) is 25.0 Å². The van der Waals surface area contributed by atoms with Gasteiger partial charge < -0.3 is 15.3 Å². The molecule has 0 radical (unpaired) electrons. The van der Waals surface area contributed by atoms with Crippen LogP contribution >= 0.6 is 0 Å². The van der Waals surface area contributed by atoms with E-state index < -0.39 is 0 Å². The normalized spacial score (nSPS) is 18.4. The zero-order chi connectivity index (χ0) is 13.8. The topological polar surface area (TPSA) is 69.6 Å². The van der Waals surface area contributed by atoms with Gasteiger partial charge in [0.2, 0.25) is 5.91 Å². The number of nitrogens with zero attached hydrogens (tertiary/aromatic N) is 1. The van der Waals surface area contributed by atoms with E-state index in [1.807, 2.05) is 0 Å². The largest absolute Gasteiger partial charge is 0.396 e. The molecule has 1 fully saturated rings. The predicted molar refractivity (Wildman–Crippen MR) is 71.8 cm³/mol. The van der Waals surface area contributed by atoms with Crippen molar-refractivity contribution >= 4 is 17.5 Å². The number of carbonyl (C=O) groups excluding carboxylic acids is 2. The van der Waals surface area contributed by atoms with Crippen LogP contribution in [0.3, 0.4) is 0 Å².